The SMILES string of the molecule is Cc1cc(NC(=O)NCC2CCc3ccccc3N2)n(C)n1. The van der Waals surface area contributed by atoms with Crippen molar-refractivity contribution in [1.82, 2.24) is 15.1 Å². The first-order chi connectivity index (χ1) is 10.6. The Balaban J connectivity index is 1.51. The molecular formula is C16H21N5O. The van der Waals surface area contributed by atoms with E-state index in [0.29, 0.717) is 12.4 Å². The third-order valence-electron chi connectivity index (χ3n) is 3.89. The average molecular weight is 299 g/mol. The lowest BCUT2D eigenvalue weighted by atomic mass is 9.98. The minimum absolute atomic E-state index is 0.205. The summed E-state index contributed by atoms with van der Waals surface area (Å²) in [6.07, 6.45) is 2.06. The van der Waals surface area contributed by atoms with Crippen LogP contribution in [0.4, 0.5) is 16.3 Å². The number of carbonyl (C=O) groups is 1. The molecule has 3 rings (SSSR count). The number of hydrogen-bond acceptors (Lipinski definition) is 3. The molecule has 0 saturated carbocycles. The zero-order chi connectivity index (χ0) is 15.5. The fourth-order valence-electron chi connectivity index (χ4n) is 2.76. The molecule has 1 aromatic carbocycles. The van der Waals surface area contributed by atoms with Crippen molar-refractivity contribution in [3.63, 3.8) is 0 Å². The van der Waals surface area contributed by atoms with E-state index in [9.17, 15) is 4.79 Å². The minimum atomic E-state index is -0.205. The third kappa shape index (κ3) is 3.21. The van der Waals surface area contributed by atoms with Crippen LogP contribution in [0.25, 0.3) is 0 Å². The predicted octanol–water partition coefficient (Wildman–Crippen LogP) is 2.28. The van der Waals surface area contributed by atoms with Crippen molar-refractivity contribution in [3.8, 4) is 0 Å². The van der Waals surface area contributed by atoms with Crippen LogP contribution in [0, 0.1) is 6.92 Å². The molecule has 1 aliphatic rings. The van der Waals surface area contributed by atoms with Crippen LogP contribution in [-0.2, 0) is 13.5 Å². The summed E-state index contributed by atoms with van der Waals surface area (Å²) in [6, 6.07) is 10.2. The number of urea groups is 1. The van der Waals surface area contributed by atoms with Crippen LogP contribution in [-0.4, -0.2) is 28.4 Å². The van der Waals surface area contributed by atoms with E-state index in [1.807, 2.05) is 26.1 Å². The molecule has 3 N–H and O–H groups in total. The highest BCUT2D eigenvalue weighted by Crippen LogP contribution is 2.23. The van der Waals surface area contributed by atoms with Gasteiger partial charge in [0, 0.05) is 31.4 Å². The fourth-order valence-corrected chi connectivity index (χ4v) is 2.76. The van der Waals surface area contributed by atoms with Gasteiger partial charge in [0.2, 0.25) is 0 Å². The number of benzene rings is 1. The Morgan fingerprint density at radius 1 is 1.45 bits per heavy atom. The number of fused-ring (bicyclic) bond motifs is 1. The van der Waals surface area contributed by atoms with E-state index in [0.717, 1.165) is 18.5 Å². The van der Waals surface area contributed by atoms with E-state index in [2.05, 4.69) is 39.2 Å². The summed E-state index contributed by atoms with van der Waals surface area (Å²) in [5.74, 6) is 0.692. The zero-order valence-electron chi connectivity index (χ0n) is 12.9. The quantitative estimate of drug-likeness (QED) is 0.814. The lowest BCUT2D eigenvalue weighted by Gasteiger charge is -2.27. The highest BCUT2D eigenvalue weighted by molar-refractivity contribution is 5.88. The van der Waals surface area contributed by atoms with E-state index in [1.54, 1.807) is 4.68 Å². The fraction of sp³-hybridized carbons (Fsp3) is 0.375. The minimum Gasteiger partial charge on any atom is -0.380 e. The molecule has 2 amide bonds. The Hall–Kier alpha value is -2.50. The van der Waals surface area contributed by atoms with E-state index in [-0.39, 0.29) is 12.1 Å². The van der Waals surface area contributed by atoms with Crippen molar-refractivity contribution >= 4 is 17.5 Å². The number of nitrogens with one attached hydrogen (secondary N) is 3. The molecule has 1 aromatic heterocycles. The van der Waals surface area contributed by atoms with Gasteiger partial charge in [-0.15, -0.1) is 0 Å². The van der Waals surface area contributed by atoms with Crippen molar-refractivity contribution in [3.05, 3.63) is 41.6 Å². The Morgan fingerprint density at radius 3 is 3.05 bits per heavy atom. The van der Waals surface area contributed by atoms with Crippen molar-refractivity contribution in [2.75, 3.05) is 17.2 Å². The van der Waals surface area contributed by atoms with Crippen LogP contribution in [0.3, 0.4) is 0 Å². The molecule has 0 saturated heterocycles. The smallest absolute Gasteiger partial charge is 0.320 e. The topological polar surface area (TPSA) is 71.0 Å². The van der Waals surface area contributed by atoms with E-state index in [1.165, 1.54) is 11.3 Å². The van der Waals surface area contributed by atoms with Gasteiger partial charge >= 0.3 is 6.03 Å². The maximum absolute atomic E-state index is 12.0. The molecule has 0 fully saturated rings. The number of para-hydroxylation sites is 1. The summed E-state index contributed by atoms with van der Waals surface area (Å²) in [5, 5.41) is 13.4. The maximum atomic E-state index is 12.0. The molecule has 0 aliphatic carbocycles. The number of anilines is 2. The molecule has 0 bridgehead atoms. The summed E-state index contributed by atoms with van der Waals surface area (Å²) in [6.45, 7) is 2.49. The zero-order valence-corrected chi connectivity index (χ0v) is 12.9. The molecule has 1 unspecified atom stereocenters. The number of aryl methyl sites for hydroxylation is 3. The van der Waals surface area contributed by atoms with Crippen molar-refractivity contribution < 1.29 is 4.79 Å². The number of carbonyl (C=O) groups excluding carboxylic acids is 1. The largest absolute Gasteiger partial charge is 0.380 e. The number of aromatic nitrogens is 2. The second kappa shape index (κ2) is 6.09. The molecule has 22 heavy (non-hydrogen) atoms. The van der Waals surface area contributed by atoms with Crippen LogP contribution >= 0.6 is 0 Å². The normalized spacial score (nSPS) is 16.5. The van der Waals surface area contributed by atoms with Crippen LogP contribution in [0.15, 0.2) is 30.3 Å². The van der Waals surface area contributed by atoms with Gasteiger partial charge in [-0.2, -0.15) is 5.10 Å². The van der Waals surface area contributed by atoms with Gasteiger partial charge in [0.25, 0.3) is 0 Å². The number of nitrogens with zero attached hydrogens (tertiary/aromatic N) is 2. The van der Waals surface area contributed by atoms with Gasteiger partial charge < -0.3 is 10.6 Å². The maximum Gasteiger partial charge on any atom is 0.320 e. The van der Waals surface area contributed by atoms with E-state index >= 15 is 0 Å². The van der Waals surface area contributed by atoms with E-state index < -0.39 is 0 Å². The second-order valence-electron chi connectivity index (χ2n) is 5.67. The van der Waals surface area contributed by atoms with Crippen molar-refractivity contribution in [2.45, 2.75) is 25.8 Å². The third-order valence-corrected chi connectivity index (χ3v) is 3.89. The first-order valence-electron chi connectivity index (χ1n) is 7.52. The van der Waals surface area contributed by atoms with Crippen LogP contribution in [0.1, 0.15) is 17.7 Å². The summed E-state index contributed by atoms with van der Waals surface area (Å²) in [4.78, 5) is 12.0. The Bertz CT molecular complexity index is 679. The molecule has 6 heteroatoms. The molecule has 0 spiro atoms. The number of amides is 2. The van der Waals surface area contributed by atoms with Crippen LogP contribution < -0.4 is 16.0 Å². The van der Waals surface area contributed by atoms with Gasteiger partial charge in [0.1, 0.15) is 5.82 Å². The molecular weight excluding hydrogens is 278 g/mol. The summed E-state index contributed by atoms with van der Waals surface area (Å²) < 4.78 is 1.66. The first kappa shape index (κ1) is 14.4. The molecule has 6 nitrogen and oxygen atoms in total. The van der Waals surface area contributed by atoms with Gasteiger partial charge in [-0.25, -0.2) is 4.79 Å². The summed E-state index contributed by atoms with van der Waals surface area (Å²) in [5.41, 5.74) is 3.39. The monoisotopic (exact) mass is 299 g/mol. The summed E-state index contributed by atoms with van der Waals surface area (Å²) in [7, 11) is 1.81. The lowest BCUT2D eigenvalue weighted by Crippen LogP contribution is -2.40. The van der Waals surface area contributed by atoms with Crippen molar-refractivity contribution in [1.29, 1.82) is 0 Å². The number of hydrogen-bond donors (Lipinski definition) is 3. The molecule has 1 aliphatic heterocycles. The first-order valence-corrected chi connectivity index (χ1v) is 7.52. The van der Waals surface area contributed by atoms with Gasteiger partial charge in [-0.1, -0.05) is 18.2 Å². The Kier molecular flexibility index (Phi) is 4.00. The van der Waals surface area contributed by atoms with Gasteiger partial charge in [0.15, 0.2) is 0 Å². The Labute approximate surface area is 129 Å². The average Bonchev–Trinajstić information content (AvgIpc) is 2.82. The van der Waals surface area contributed by atoms with Crippen molar-refractivity contribution in [2.24, 2.45) is 7.05 Å². The van der Waals surface area contributed by atoms with Gasteiger partial charge in [-0.3, -0.25) is 10.00 Å². The summed E-state index contributed by atoms with van der Waals surface area (Å²) >= 11 is 0. The molecule has 1 atom stereocenters. The van der Waals surface area contributed by atoms with Crippen LogP contribution in [0.5, 0.6) is 0 Å². The highest BCUT2D eigenvalue weighted by atomic mass is 16.2. The molecule has 116 valence electrons. The Morgan fingerprint density at radius 2 is 2.27 bits per heavy atom. The standard InChI is InChI=1S/C16H21N5O/c1-11-9-15(21(2)20-11)19-16(22)17-10-13-8-7-12-5-3-4-6-14(12)18-13/h3-6,9,13,18H,7-8,10H2,1-2H3,(H2,17,19,22). The second-order valence-corrected chi connectivity index (χ2v) is 5.67. The van der Waals surface area contributed by atoms with Crippen LogP contribution in [0.2, 0.25) is 0 Å². The molecule has 2 heterocycles. The van der Waals surface area contributed by atoms with Gasteiger partial charge in [0.05, 0.1) is 5.69 Å². The highest BCUT2D eigenvalue weighted by Gasteiger charge is 2.17. The van der Waals surface area contributed by atoms with Gasteiger partial charge in [-0.05, 0) is 31.4 Å². The predicted molar refractivity (Wildman–Crippen MR) is 87.1 cm³/mol. The lowest BCUT2D eigenvalue weighted by molar-refractivity contribution is 0.251. The van der Waals surface area contributed by atoms with E-state index in [4.69, 9.17) is 0 Å². The molecule has 0 radical (unpaired) electrons. The number of rotatable bonds is 3. The molecule has 2 aromatic rings.